The highest BCUT2D eigenvalue weighted by Gasteiger charge is 2.50. The predicted octanol–water partition coefficient (Wildman–Crippen LogP) is 1.03. The number of hydrogen-bond donors (Lipinski definition) is 2. The van der Waals surface area contributed by atoms with E-state index in [9.17, 15) is 24.1 Å². The highest BCUT2D eigenvalue weighted by molar-refractivity contribution is 7.49. The monoisotopic (exact) mass is 444 g/mol. The maximum Gasteiger partial charge on any atom is 0.530 e. The second kappa shape index (κ2) is 7.56. The minimum Gasteiger partial charge on any atom is -0.404 e. The van der Waals surface area contributed by atoms with Gasteiger partial charge in [0.2, 0.25) is 5.85 Å². The first-order valence-electron chi connectivity index (χ1n) is 9.55. The number of hydrogen-bond acceptors (Lipinski definition) is 9. The standard InChI is InChI=1S/C17H16FN2O9P/c18-17(9-27-30(25)26-8-10-3-1-2-4-13(10)29-30)5-12(22)15(28-17)20-6-11(7-21)14(23)19-16(20)24/h1-4,6-7,12,15,22H,5,8-9H2,(H,19,23,24)/t12-,15-,17+,30?/m1/s1/i9D2. The van der Waals surface area contributed by atoms with E-state index in [2.05, 4.69) is 0 Å². The number of carbonyl (C=O) groups excluding carboxylic acids is 1. The number of rotatable bonds is 5. The lowest BCUT2D eigenvalue weighted by molar-refractivity contribution is -0.179. The predicted molar refractivity (Wildman–Crippen MR) is 96.7 cm³/mol. The van der Waals surface area contributed by atoms with Crippen molar-refractivity contribution in [2.45, 2.75) is 31.2 Å². The zero-order valence-corrected chi connectivity index (χ0v) is 15.9. The van der Waals surface area contributed by atoms with Crippen molar-refractivity contribution in [2.24, 2.45) is 0 Å². The minimum absolute atomic E-state index is 0.0947. The van der Waals surface area contributed by atoms with Crippen LogP contribution in [0, 0.1) is 0 Å². The average molecular weight is 444 g/mol. The van der Waals surface area contributed by atoms with Gasteiger partial charge in [0, 0.05) is 18.2 Å². The van der Waals surface area contributed by atoms with Gasteiger partial charge >= 0.3 is 13.5 Å². The molecule has 4 rings (SSSR count). The van der Waals surface area contributed by atoms with Crippen molar-refractivity contribution >= 4 is 14.1 Å². The lowest BCUT2D eigenvalue weighted by Gasteiger charge is -2.27. The number of benzene rings is 1. The second-order valence-electron chi connectivity index (χ2n) is 6.49. The molecule has 11 nitrogen and oxygen atoms in total. The van der Waals surface area contributed by atoms with Crippen molar-refractivity contribution in [3.8, 4) is 5.75 Å². The Morgan fingerprint density at radius 2 is 2.23 bits per heavy atom. The van der Waals surface area contributed by atoms with E-state index in [-0.39, 0.29) is 18.6 Å². The fourth-order valence-corrected chi connectivity index (χ4v) is 4.05. The smallest absolute Gasteiger partial charge is 0.404 e. The van der Waals surface area contributed by atoms with Gasteiger partial charge in [-0.2, -0.15) is 0 Å². The van der Waals surface area contributed by atoms with Crippen LogP contribution in [0.3, 0.4) is 0 Å². The number of halogens is 1. The quantitative estimate of drug-likeness (QED) is 0.510. The van der Waals surface area contributed by atoms with Crippen molar-refractivity contribution in [3.63, 3.8) is 0 Å². The van der Waals surface area contributed by atoms with Crippen molar-refractivity contribution < 1.29 is 39.9 Å². The molecule has 0 aliphatic carbocycles. The lowest BCUT2D eigenvalue weighted by atomic mass is 10.2. The van der Waals surface area contributed by atoms with Gasteiger partial charge in [-0.05, 0) is 6.07 Å². The topological polar surface area (TPSA) is 146 Å². The summed E-state index contributed by atoms with van der Waals surface area (Å²) in [5.41, 5.74) is -2.15. The van der Waals surface area contributed by atoms with Gasteiger partial charge in [0.1, 0.15) is 18.4 Å². The summed E-state index contributed by atoms with van der Waals surface area (Å²) in [7, 11) is -4.64. The summed E-state index contributed by atoms with van der Waals surface area (Å²) < 4.78 is 64.6. The summed E-state index contributed by atoms with van der Waals surface area (Å²) in [5, 5.41) is 10.2. The summed E-state index contributed by atoms with van der Waals surface area (Å²) in [6.07, 6.45) is -3.84. The van der Waals surface area contributed by atoms with Gasteiger partial charge in [0.25, 0.3) is 5.56 Å². The molecule has 1 unspecified atom stereocenters. The van der Waals surface area contributed by atoms with Crippen LogP contribution in [0.15, 0.2) is 40.1 Å². The number of nitrogens with one attached hydrogen (secondary N) is 1. The molecule has 1 aromatic heterocycles. The van der Waals surface area contributed by atoms with E-state index in [0.29, 0.717) is 10.1 Å². The SMILES string of the molecule is [2H]C([2H])(OP1(=O)OCc2ccccc2O1)[C@]1(F)C[C@@H](O)[C@H](n2cc(C=O)c(=O)[nH]c2=O)O1. The Hall–Kier alpha value is -2.63. The molecule has 0 bridgehead atoms. The van der Waals surface area contributed by atoms with Crippen LogP contribution < -0.4 is 15.8 Å². The number of nitrogens with zero attached hydrogens (tertiary/aromatic N) is 1. The summed E-state index contributed by atoms with van der Waals surface area (Å²) in [4.78, 5) is 36.4. The average Bonchev–Trinajstić information content (AvgIpc) is 3.03. The molecule has 3 heterocycles. The Bertz CT molecular complexity index is 1230. The maximum atomic E-state index is 15.5. The molecule has 30 heavy (non-hydrogen) atoms. The fraction of sp³-hybridized carbons (Fsp3) is 0.353. The van der Waals surface area contributed by atoms with Crippen LogP contribution in [-0.2, 0) is 25.0 Å². The molecule has 0 amide bonds. The van der Waals surface area contributed by atoms with Gasteiger partial charge in [-0.3, -0.25) is 28.2 Å². The largest absolute Gasteiger partial charge is 0.530 e. The van der Waals surface area contributed by atoms with E-state index in [4.69, 9.17) is 21.0 Å². The molecule has 2 aliphatic heterocycles. The molecule has 0 radical (unpaired) electrons. The van der Waals surface area contributed by atoms with E-state index >= 15 is 4.39 Å². The number of H-pyrrole nitrogens is 1. The Morgan fingerprint density at radius 1 is 1.47 bits per heavy atom. The molecule has 1 aromatic carbocycles. The number of alkyl halides is 1. The maximum absolute atomic E-state index is 15.5. The third kappa shape index (κ3) is 3.87. The molecule has 1 fully saturated rings. The van der Waals surface area contributed by atoms with Gasteiger partial charge in [-0.1, -0.05) is 18.2 Å². The van der Waals surface area contributed by atoms with Crippen LogP contribution in [0.2, 0.25) is 0 Å². The number of phosphoric ester groups is 1. The molecule has 0 saturated carbocycles. The lowest BCUT2D eigenvalue weighted by Crippen LogP contribution is -2.37. The molecule has 13 heteroatoms. The highest BCUT2D eigenvalue weighted by atomic mass is 31.2. The first-order chi connectivity index (χ1) is 15.0. The number of aliphatic hydroxyl groups excluding tert-OH is 1. The molecular formula is C17H16FN2O9P. The number of aldehydes is 1. The molecule has 4 atom stereocenters. The Morgan fingerprint density at radius 3 is 3.00 bits per heavy atom. The Labute approximate surface area is 170 Å². The van der Waals surface area contributed by atoms with E-state index in [0.717, 1.165) is 6.20 Å². The number of fused-ring (bicyclic) bond motifs is 1. The van der Waals surface area contributed by atoms with E-state index in [1.54, 1.807) is 23.2 Å². The summed E-state index contributed by atoms with van der Waals surface area (Å²) in [6.45, 7) is -3.74. The molecule has 2 aromatic rings. The highest BCUT2D eigenvalue weighted by Crippen LogP contribution is 2.55. The third-order valence-corrected chi connectivity index (χ3v) is 5.56. The van der Waals surface area contributed by atoms with E-state index in [1.807, 2.05) is 0 Å². The molecule has 160 valence electrons. The van der Waals surface area contributed by atoms with Crippen LogP contribution in [0.25, 0.3) is 0 Å². The van der Waals surface area contributed by atoms with Crippen LogP contribution in [0.4, 0.5) is 4.39 Å². The minimum atomic E-state index is -4.64. The van der Waals surface area contributed by atoms with Crippen molar-refractivity contribution in [3.05, 3.63) is 62.4 Å². The van der Waals surface area contributed by atoms with Crippen molar-refractivity contribution in [1.29, 1.82) is 0 Å². The number of carbonyl (C=O) groups is 1. The fourth-order valence-electron chi connectivity index (χ4n) is 2.95. The molecule has 2 aliphatic rings. The zero-order valence-electron chi connectivity index (χ0n) is 17.0. The van der Waals surface area contributed by atoms with Crippen LogP contribution in [-0.4, -0.2) is 39.5 Å². The van der Waals surface area contributed by atoms with Gasteiger partial charge < -0.3 is 14.4 Å². The van der Waals surface area contributed by atoms with Gasteiger partial charge in [-0.15, -0.1) is 0 Å². The molecule has 2 N–H and O–H groups in total. The van der Waals surface area contributed by atoms with E-state index in [1.165, 1.54) is 6.07 Å². The number of aliphatic hydroxyl groups is 1. The number of ether oxygens (including phenoxy) is 1. The van der Waals surface area contributed by atoms with Crippen LogP contribution >= 0.6 is 7.82 Å². The number of aromatic nitrogens is 2. The van der Waals surface area contributed by atoms with Crippen molar-refractivity contribution in [1.82, 2.24) is 9.55 Å². The first-order valence-corrected chi connectivity index (χ1v) is 10.0. The zero-order chi connectivity index (χ0) is 23.3. The van der Waals surface area contributed by atoms with Gasteiger partial charge in [0.15, 0.2) is 12.5 Å². The molecule has 1 saturated heterocycles. The number of aromatic amines is 1. The Kier molecular flexibility index (Phi) is 4.58. The van der Waals surface area contributed by atoms with E-state index < -0.39 is 55.8 Å². The third-order valence-electron chi connectivity index (χ3n) is 4.38. The molecule has 0 spiro atoms. The summed E-state index contributed by atoms with van der Waals surface area (Å²) >= 11 is 0. The normalized spacial score (nSPS) is 31.9. The van der Waals surface area contributed by atoms with Crippen LogP contribution in [0.5, 0.6) is 5.75 Å². The summed E-state index contributed by atoms with van der Waals surface area (Å²) in [6, 6.07) is 6.28. The van der Waals surface area contributed by atoms with Gasteiger partial charge in [-0.25, -0.2) is 13.8 Å². The Balaban J connectivity index is 1.60. The first kappa shape index (κ1) is 18.2. The van der Waals surface area contributed by atoms with Gasteiger partial charge in [0.05, 0.1) is 14.9 Å². The van der Waals surface area contributed by atoms with Crippen molar-refractivity contribution in [2.75, 3.05) is 6.56 Å². The summed E-state index contributed by atoms with van der Waals surface area (Å²) in [5.74, 6) is -3.33. The van der Waals surface area contributed by atoms with Crippen LogP contribution in [0.1, 0.15) is 31.3 Å². The number of para-hydroxylation sites is 1. The number of phosphoric acid groups is 1. The molecular weight excluding hydrogens is 426 g/mol. The second-order valence-corrected chi connectivity index (χ2v) is 8.01.